The van der Waals surface area contributed by atoms with E-state index in [0.717, 1.165) is 17.0 Å². The van der Waals surface area contributed by atoms with Crippen molar-refractivity contribution in [2.24, 2.45) is 0 Å². The molecule has 0 bridgehead atoms. The van der Waals surface area contributed by atoms with Gasteiger partial charge in [0.15, 0.2) is 17.3 Å². The van der Waals surface area contributed by atoms with Crippen molar-refractivity contribution in [3.8, 4) is 0 Å². The van der Waals surface area contributed by atoms with Crippen LogP contribution in [0.15, 0.2) is 36.9 Å². The molecule has 2 fully saturated rings. The molecule has 0 spiro atoms. The van der Waals surface area contributed by atoms with Crippen LogP contribution in [-0.4, -0.2) is 95.0 Å². The maximum Gasteiger partial charge on any atom is 0.414 e. The highest BCUT2D eigenvalue weighted by molar-refractivity contribution is 5.95. The Labute approximate surface area is 226 Å². The normalized spacial score (nSPS) is 17.2. The van der Waals surface area contributed by atoms with E-state index in [1.807, 2.05) is 0 Å². The van der Waals surface area contributed by atoms with E-state index in [0.29, 0.717) is 5.65 Å². The van der Waals surface area contributed by atoms with Crippen LogP contribution in [0.5, 0.6) is 0 Å². The van der Waals surface area contributed by atoms with E-state index in [-0.39, 0.29) is 74.7 Å². The van der Waals surface area contributed by atoms with E-state index in [1.165, 1.54) is 29.1 Å². The lowest BCUT2D eigenvalue weighted by Crippen LogP contribution is -2.51. The zero-order valence-electron chi connectivity index (χ0n) is 21.5. The number of cyclic esters (lactones) is 1. The number of nitrogens with zero attached hydrogens (tertiary/aromatic N) is 6. The van der Waals surface area contributed by atoms with Crippen LogP contribution < -0.4 is 20.4 Å². The number of halogens is 2. The highest BCUT2D eigenvalue weighted by Gasteiger charge is 2.34. The molecule has 4 heterocycles. The zero-order chi connectivity index (χ0) is 28.4. The number of hydrogen-bond donors (Lipinski definition) is 2. The van der Waals surface area contributed by atoms with Crippen LogP contribution >= 0.6 is 0 Å². The van der Waals surface area contributed by atoms with Gasteiger partial charge >= 0.3 is 6.09 Å². The number of carbonyl (C=O) groups is 4. The summed E-state index contributed by atoms with van der Waals surface area (Å²) >= 11 is 0. The van der Waals surface area contributed by atoms with Gasteiger partial charge in [0.05, 0.1) is 31.5 Å². The van der Waals surface area contributed by atoms with Gasteiger partial charge in [0.1, 0.15) is 17.5 Å². The van der Waals surface area contributed by atoms with E-state index in [1.54, 1.807) is 16.8 Å². The number of imidazole rings is 1. The number of hydrogen-bond acceptors (Lipinski definition) is 8. The van der Waals surface area contributed by atoms with Gasteiger partial charge in [0.25, 0.3) is 5.91 Å². The summed E-state index contributed by atoms with van der Waals surface area (Å²) in [5.41, 5.74) is 0.382. The first kappa shape index (κ1) is 26.8. The molecule has 2 N–H and O–H groups in total. The fourth-order valence-electron chi connectivity index (χ4n) is 4.60. The van der Waals surface area contributed by atoms with Gasteiger partial charge in [-0.1, -0.05) is 0 Å². The molecule has 0 radical (unpaired) electrons. The molecule has 1 aromatic carbocycles. The van der Waals surface area contributed by atoms with E-state index in [9.17, 15) is 19.2 Å². The van der Waals surface area contributed by atoms with Crippen molar-refractivity contribution >= 4 is 40.8 Å². The van der Waals surface area contributed by atoms with Gasteiger partial charge < -0.3 is 29.6 Å². The van der Waals surface area contributed by atoms with Crippen molar-refractivity contribution < 1.29 is 32.7 Å². The van der Waals surface area contributed by atoms with Crippen LogP contribution in [0.2, 0.25) is 0 Å². The van der Waals surface area contributed by atoms with Crippen molar-refractivity contribution in [2.45, 2.75) is 13.0 Å². The number of rotatable bonds is 7. The van der Waals surface area contributed by atoms with Crippen LogP contribution in [0.4, 0.5) is 25.0 Å². The molecule has 0 saturated carbocycles. The molecule has 2 aliphatic heterocycles. The monoisotopic (exact) mass is 556 g/mol. The van der Waals surface area contributed by atoms with Gasteiger partial charge in [0, 0.05) is 63.8 Å². The summed E-state index contributed by atoms with van der Waals surface area (Å²) in [5, 5.41) is 5.09. The molecular formula is C25H26F2N8O5. The summed E-state index contributed by atoms with van der Waals surface area (Å²) in [6, 6.07) is 2.12. The van der Waals surface area contributed by atoms with Crippen molar-refractivity contribution in [2.75, 3.05) is 55.6 Å². The van der Waals surface area contributed by atoms with E-state index in [4.69, 9.17) is 4.74 Å². The number of carbonyl (C=O) groups excluding carboxylic acids is 4. The van der Waals surface area contributed by atoms with Crippen LogP contribution in [0.3, 0.4) is 0 Å². The summed E-state index contributed by atoms with van der Waals surface area (Å²) in [7, 11) is 0. The molecular weight excluding hydrogens is 530 g/mol. The number of ether oxygens (including phenoxy) is 1. The third kappa shape index (κ3) is 5.62. The van der Waals surface area contributed by atoms with Crippen LogP contribution in [0.1, 0.15) is 17.4 Å². The maximum absolute atomic E-state index is 15.1. The lowest BCUT2D eigenvalue weighted by atomic mass is 10.2. The fourth-order valence-corrected chi connectivity index (χ4v) is 4.60. The highest BCUT2D eigenvalue weighted by Crippen LogP contribution is 2.31. The molecule has 210 valence electrons. The molecule has 4 amide bonds. The predicted molar refractivity (Wildman–Crippen MR) is 137 cm³/mol. The van der Waals surface area contributed by atoms with Crippen LogP contribution in [0, 0.1) is 11.6 Å². The molecule has 13 nitrogen and oxygen atoms in total. The number of piperazine rings is 1. The quantitative estimate of drug-likeness (QED) is 0.430. The number of amides is 4. The van der Waals surface area contributed by atoms with Crippen molar-refractivity contribution in [3.63, 3.8) is 0 Å². The van der Waals surface area contributed by atoms with Gasteiger partial charge in [0.2, 0.25) is 11.8 Å². The Kier molecular flexibility index (Phi) is 7.44. The number of anilines is 2. The summed E-state index contributed by atoms with van der Waals surface area (Å²) in [6.45, 7) is 1.91. The van der Waals surface area contributed by atoms with E-state index in [2.05, 4.69) is 20.6 Å². The summed E-state index contributed by atoms with van der Waals surface area (Å²) in [6.07, 6.45) is 4.83. The van der Waals surface area contributed by atoms with Crippen molar-refractivity contribution in [1.29, 1.82) is 0 Å². The van der Waals surface area contributed by atoms with E-state index < -0.39 is 29.7 Å². The second kappa shape index (κ2) is 11.1. The van der Waals surface area contributed by atoms with Crippen molar-refractivity contribution in [1.82, 2.24) is 29.9 Å². The van der Waals surface area contributed by atoms with Crippen molar-refractivity contribution in [3.05, 3.63) is 54.2 Å². The standard InChI is InChI=1S/C25H26F2N8O5/c1-15(36)29-10-17-13-35(25(39)40-17)16-8-18(26)23(19(27)9-16)33-6-4-32(5-7-33)22(37)12-30-24(38)20-14-34-3-2-28-11-21(34)31-20/h2-3,8-9,11,14,17H,4-7,10,12-13H2,1H3,(H,29,36)(H,30,38). The second-order valence-corrected chi connectivity index (χ2v) is 9.33. The molecule has 1 unspecified atom stereocenters. The molecule has 40 heavy (non-hydrogen) atoms. The van der Waals surface area contributed by atoms with Gasteiger partial charge in [-0.3, -0.25) is 24.3 Å². The molecule has 0 aliphatic carbocycles. The molecule has 2 aliphatic rings. The minimum absolute atomic E-state index is 0.000464. The first-order chi connectivity index (χ1) is 19.2. The summed E-state index contributed by atoms with van der Waals surface area (Å²) < 4.78 is 36.9. The van der Waals surface area contributed by atoms with Crippen LogP contribution in [0.25, 0.3) is 5.65 Å². The number of nitrogens with one attached hydrogen (secondary N) is 2. The number of aromatic nitrogens is 3. The smallest absolute Gasteiger partial charge is 0.414 e. The number of benzene rings is 1. The molecule has 1 atom stereocenters. The SMILES string of the molecule is CC(=O)NCC1CN(c2cc(F)c(N3CCN(C(=O)CNC(=O)c4cn5ccncc5n4)CC3)c(F)c2)C(=O)O1. The zero-order valence-corrected chi connectivity index (χ0v) is 21.5. The predicted octanol–water partition coefficient (Wildman–Crippen LogP) is 0.547. The average molecular weight is 557 g/mol. The third-order valence-electron chi connectivity index (χ3n) is 6.61. The topological polar surface area (TPSA) is 141 Å². The summed E-state index contributed by atoms with van der Waals surface area (Å²) in [4.78, 5) is 60.6. The lowest BCUT2D eigenvalue weighted by Gasteiger charge is -2.36. The molecule has 3 aromatic rings. The Morgan fingerprint density at radius 1 is 1.10 bits per heavy atom. The van der Waals surface area contributed by atoms with Gasteiger partial charge in [-0.15, -0.1) is 0 Å². The average Bonchev–Trinajstić information content (AvgIpc) is 3.53. The van der Waals surface area contributed by atoms with Gasteiger partial charge in [-0.25, -0.2) is 18.6 Å². The highest BCUT2D eigenvalue weighted by atomic mass is 19.1. The Hall–Kier alpha value is -4.82. The Morgan fingerprint density at radius 2 is 1.82 bits per heavy atom. The van der Waals surface area contributed by atoms with E-state index >= 15 is 8.78 Å². The third-order valence-corrected chi connectivity index (χ3v) is 6.61. The first-order valence-corrected chi connectivity index (χ1v) is 12.5. The largest absolute Gasteiger partial charge is 0.442 e. The Morgan fingerprint density at radius 3 is 2.50 bits per heavy atom. The summed E-state index contributed by atoms with van der Waals surface area (Å²) in [5.74, 6) is -2.85. The lowest BCUT2D eigenvalue weighted by molar-refractivity contribution is -0.130. The molecule has 2 saturated heterocycles. The fraction of sp³-hybridized carbons (Fsp3) is 0.360. The first-order valence-electron chi connectivity index (χ1n) is 12.5. The van der Waals surface area contributed by atoms with Gasteiger partial charge in [-0.2, -0.15) is 0 Å². The molecule has 15 heteroatoms. The number of fused-ring (bicyclic) bond motifs is 1. The van der Waals surface area contributed by atoms with Crippen LogP contribution in [-0.2, 0) is 14.3 Å². The minimum Gasteiger partial charge on any atom is -0.442 e. The minimum atomic E-state index is -0.859. The molecule has 2 aromatic heterocycles. The molecule has 5 rings (SSSR count). The van der Waals surface area contributed by atoms with Gasteiger partial charge in [-0.05, 0) is 0 Å². The Bertz CT molecular complexity index is 1420. The Balaban J connectivity index is 1.15. The maximum atomic E-state index is 15.1. The second-order valence-electron chi connectivity index (χ2n) is 9.33.